The minimum atomic E-state index is -0.160. The van der Waals surface area contributed by atoms with Crippen LogP contribution in [-0.2, 0) is 5.41 Å². The first kappa shape index (κ1) is 15.0. The zero-order valence-electron chi connectivity index (χ0n) is 11.9. The van der Waals surface area contributed by atoms with Gasteiger partial charge in [0.05, 0.1) is 0 Å². The van der Waals surface area contributed by atoms with Gasteiger partial charge >= 0.3 is 0 Å². The largest absolute Gasteiger partial charge is 0.369 e. The van der Waals surface area contributed by atoms with Gasteiger partial charge in [0.15, 0.2) is 0 Å². The standard InChI is InChI=1S/C16H18BrFN2/c1-11-8-12(4-6-14(11)18)16(2,3)10-20-15-7-5-13(17)9-19-15/h4-9H,10H2,1-3H3,(H,19,20). The fourth-order valence-electron chi connectivity index (χ4n) is 1.96. The minimum absolute atomic E-state index is 0.104. The second-order valence-corrected chi connectivity index (χ2v) is 6.48. The number of hydrogen-bond acceptors (Lipinski definition) is 2. The zero-order valence-corrected chi connectivity index (χ0v) is 13.5. The molecule has 0 spiro atoms. The quantitative estimate of drug-likeness (QED) is 0.876. The summed E-state index contributed by atoms with van der Waals surface area (Å²) >= 11 is 3.36. The monoisotopic (exact) mass is 336 g/mol. The maximum atomic E-state index is 13.3. The Labute approximate surface area is 127 Å². The molecule has 1 heterocycles. The van der Waals surface area contributed by atoms with E-state index in [-0.39, 0.29) is 11.2 Å². The molecule has 0 saturated heterocycles. The second-order valence-electron chi connectivity index (χ2n) is 5.56. The van der Waals surface area contributed by atoms with Crippen molar-refractivity contribution in [2.24, 2.45) is 0 Å². The number of hydrogen-bond donors (Lipinski definition) is 1. The highest BCUT2D eigenvalue weighted by atomic mass is 79.9. The molecule has 0 aliphatic rings. The highest BCUT2D eigenvalue weighted by molar-refractivity contribution is 9.10. The SMILES string of the molecule is Cc1cc(C(C)(C)CNc2ccc(Br)cn2)ccc1F. The van der Waals surface area contributed by atoms with Crippen molar-refractivity contribution in [2.75, 3.05) is 11.9 Å². The number of nitrogens with one attached hydrogen (secondary N) is 1. The Balaban J connectivity index is 2.10. The highest BCUT2D eigenvalue weighted by Gasteiger charge is 2.21. The predicted octanol–water partition coefficient (Wildman–Crippen LogP) is 4.68. The van der Waals surface area contributed by atoms with Crippen LogP contribution in [0, 0.1) is 12.7 Å². The summed E-state index contributed by atoms with van der Waals surface area (Å²) in [4.78, 5) is 4.29. The smallest absolute Gasteiger partial charge is 0.126 e. The van der Waals surface area contributed by atoms with Gasteiger partial charge in [0.1, 0.15) is 11.6 Å². The fraction of sp³-hybridized carbons (Fsp3) is 0.312. The molecule has 20 heavy (non-hydrogen) atoms. The van der Waals surface area contributed by atoms with Gasteiger partial charge in [-0.1, -0.05) is 26.0 Å². The van der Waals surface area contributed by atoms with Crippen LogP contribution >= 0.6 is 15.9 Å². The predicted molar refractivity (Wildman–Crippen MR) is 84.6 cm³/mol. The third-order valence-electron chi connectivity index (χ3n) is 3.38. The van der Waals surface area contributed by atoms with Crippen molar-refractivity contribution in [3.8, 4) is 0 Å². The average Bonchev–Trinajstić information content (AvgIpc) is 2.41. The summed E-state index contributed by atoms with van der Waals surface area (Å²) in [5.74, 6) is 0.673. The Morgan fingerprint density at radius 1 is 1.25 bits per heavy atom. The molecule has 0 unspecified atom stereocenters. The summed E-state index contributed by atoms with van der Waals surface area (Å²) in [7, 11) is 0. The van der Waals surface area contributed by atoms with Gasteiger partial charge in [-0.05, 0) is 52.2 Å². The molecule has 0 amide bonds. The van der Waals surface area contributed by atoms with Crippen LogP contribution in [0.1, 0.15) is 25.0 Å². The van der Waals surface area contributed by atoms with Gasteiger partial charge in [0, 0.05) is 22.6 Å². The highest BCUT2D eigenvalue weighted by Crippen LogP contribution is 2.25. The first-order valence-electron chi connectivity index (χ1n) is 6.50. The molecular formula is C16H18BrFN2. The molecule has 1 N–H and O–H groups in total. The minimum Gasteiger partial charge on any atom is -0.369 e. The lowest BCUT2D eigenvalue weighted by Crippen LogP contribution is -2.28. The van der Waals surface area contributed by atoms with E-state index in [2.05, 4.69) is 40.1 Å². The lowest BCUT2D eigenvalue weighted by molar-refractivity contribution is 0.550. The molecule has 0 aliphatic heterocycles. The molecule has 0 atom stereocenters. The molecule has 0 aliphatic carbocycles. The molecule has 0 fully saturated rings. The molecule has 2 nitrogen and oxygen atoms in total. The van der Waals surface area contributed by atoms with Crippen LogP contribution in [0.4, 0.5) is 10.2 Å². The first-order chi connectivity index (χ1) is 9.38. The number of anilines is 1. The molecular weight excluding hydrogens is 319 g/mol. The summed E-state index contributed by atoms with van der Waals surface area (Å²) in [6.07, 6.45) is 1.76. The van der Waals surface area contributed by atoms with Gasteiger partial charge < -0.3 is 5.32 Å². The lowest BCUT2D eigenvalue weighted by Gasteiger charge is -2.26. The van der Waals surface area contributed by atoms with Gasteiger partial charge in [-0.2, -0.15) is 0 Å². The number of benzene rings is 1. The second kappa shape index (κ2) is 5.92. The summed E-state index contributed by atoms with van der Waals surface area (Å²) in [5.41, 5.74) is 1.69. The van der Waals surface area contributed by atoms with Gasteiger partial charge in [0.25, 0.3) is 0 Å². The van der Waals surface area contributed by atoms with E-state index in [4.69, 9.17) is 0 Å². The third kappa shape index (κ3) is 3.57. The Morgan fingerprint density at radius 3 is 2.60 bits per heavy atom. The van der Waals surface area contributed by atoms with E-state index in [0.717, 1.165) is 22.4 Å². The Hall–Kier alpha value is -1.42. The van der Waals surface area contributed by atoms with Crippen LogP contribution in [0.3, 0.4) is 0 Å². The van der Waals surface area contributed by atoms with Crippen molar-refractivity contribution in [3.05, 3.63) is 57.9 Å². The van der Waals surface area contributed by atoms with Crippen molar-refractivity contribution in [2.45, 2.75) is 26.2 Å². The average molecular weight is 337 g/mol. The molecule has 2 aromatic rings. The summed E-state index contributed by atoms with van der Waals surface area (Å²) in [5, 5.41) is 3.32. The van der Waals surface area contributed by atoms with Crippen LogP contribution in [0.25, 0.3) is 0 Å². The molecule has 4 heteroatoms. The van der Waals surface area contributed by atoms with Crippen LogP contribution in [-0.4, -0.2) is 11.5 Å². The number of halogens is 2. The number of nitrogens with zero attached hydrogens (tertiary/aromatic N) is 1. The molecule has 106 valence electrons. The Kier molecular flexibility index (Phi) is 4.43. The van der Waals surface area contributed by atoms with Gasteiger partial charge in [-0.15, -0.1) is 0 Å². The Bertz CT molecular complexity index is 594. The van der Waals surface area contributed by atoms with E-state index in [1.54, 1.807) is 13.1 Å². The maximum Gasteiger partial charge on any atom is 0.126 e. The lowest BCUT2D eigenvalue weighted by atomic mass is 9.84. The molecule has 1 aromatic heterocycles. The third-order valence-corrected chi connectivity index (χ3v) is 3.85. The van der Waals surface area contributed by atoms with E-state index in [1.165, 1.54) is 6.07 Å². The van der Waals surface area contributed by atoms with E-state index in [9.17, 15) is 4.39 Å². The van der Waals surface area contributed by atoms with Crippen molar-refractivity contribution in [1.29, 1.82) is 0 Å². The van der Waals surface area contributed by atoms with Crippen LogP contribution in [0.5, 0.6) is 0 Å². The van der Waals surface area contributed by atoms with Gasteiger partial charge in [-0.25, -0.2) is 9.37 Å². The van der Waals surface area contributed by atoms with E-state index >= 15 is 0 Å². The number of pyridine rings is 1. The zero-order chi connectivity index (χ0) is 14.8. The summed E-state index contributed by atoms with van der Waals surface area (Å²) < 4.78 is 14.3. The molecule has 0 bridgehead atoms. The van der Waals surface area contributed by atoms with E-state index in [1.807, 2.05) is 24.3 Å². The normalized spacial score (nSPS) is 11.4. The van der Waals surface area contributed by atoms with Gasteiger partial charge in [0.2, 0.25) is 0 Å². The summed E-state index contributed by atoms with van der Waals surface area (Å²) in [6, 6.07) is 9.16. The van der Waals surface area contributed by atoms with Crippen molar-refractivity contribution >= 4 is 21.7 Å². The van der Waals surface area contributed by atoms with Crippen molar-refractivity contribution in [3.63, 3.8) is 0 Å². The number of rotatable bonds is 4. The van der Waals surface area contributed by atoms with Crippen LogP contribution in [0.2, 0.25) is 0 Å². The topological polar surface area (TPSA) is 24.9 Å². The number of aryl methyl sites for hydroxylation is 1. The van der Waals surface area contributed by atoms with Crippen molar-refractivity contribution < 1.29 is 4.39 Å². The number of aromatic nitrogens is 1. The molecule has 1 aromatic carbocycles. The van der Waals surface area contributed by atoms with E-state index in [0.29, 0.717) is 5.56 Å². The first-order valence-corrected chi connectivity index (χ1v) is 7.30. The van der Waals surface area contributed by atoms with Crippen molar-refractivity contribution in [1.82, 2.24) is 4.98 Å². The fourth-order valence-corrected chi connectivity index (χ4v) is 2.19. The molecule has 0 radical (unpaired) electrons. The maximum absolute atomic E-state index is 13.3. The van der Waals surface area contributed by atoms with Gasteiger partial charge in [-0.3, -0.25) is 0 Å². The van der Waals surface area contributed by atoms with E-state index < -0.39 is 0 Å². The molecule has 0 saturated carbocycles. The summed E-state index contributed by atoms with van der Waals surface area (Å²) in [6.45, 7) is 6.78. The van der Waals surface area contributed by atoms with Crippen LogP contribution in [0.15, 0.2) is 41.0 Å². The Morgan fingerprint density at radius 2 is 2.00 bits per heavy atom. The van der Waals surface area contributed by atoms with Crippen LogP contribution < -0.4 is 5.32 Å². The molecule has 2 rings (SSSR count).